The summed E-state index contributed by atoms with van der Waals surface area (Å²) in [5, 5.41) is 14.1. The molecular formula is C11H20N2O3. The highest BCUT2D eigenvalue weighted by molar-refractivity contribution is 5.92. The Morgan fingerprint density at radius 1 is 1.50 bits per heavy atom. The lowest BCUT2D eigenvalue weighted by Crippen LogP contribution is -2.40. The second-order valence-electron chi connectivity index (χ2n) is 4.55. The molecule has 5 heteroatoms. The molecule has 1 saturated heterocycles. The predicted octanol–water partition coefficient (Wildman–Crippen LogP) is -0.209. The number of carbonyl (C=O) groups is 2. The van der Waals surface area contributed by atoms with Crippen molar-refractivity contribution in [2.75, 3.05) is 19.7 Å². The topological polar surface area (TPSA) is 78.4 Å². The Labute approximate surface area is 95.6 Å². The highest BCUT2D eigenvalue weighted by atomic mass is 16.3. The molecule has 0 aliphatic carbocycles. The van der Waals surface area contributed by atoms with Gasteiger partial charge in [-0.25, -0.2) is 0 Å². The van der Waals surface area contributed by atoms with Gasteiger partial charge in [-0.05, 0) is 26.2 Å². The minimum Gasteiger partial charge on any atom is -0.396 e. The Hall–Kier alpha value is -1.10. The number of nitrogens with one attached hydrogen (secondary N) is 2. The second-order valence-corrected chi connectivity index (χ2v) is 4.55. The summed E-state index contributed by atoms with van der Waals surface area (Å²) in [7, 11) is 0. The lowest BCUT2D eigenvalue weighted by atomic mass is 9.88. The quantitative estimate of drug-likeness (QED) is 0.550. The van der Waals surface area contributed by atoms with Gasteiger partial charge in [0.1, 0.15) is 0 Å². The molecule has 1 aliphatic rings. The number of aliphatic hydroxyl groups is 1. The normalized spacial score (nSPS) is 24.2. The molecule has 92 valence electrons. The van der Waals surface area contributed by atoms with E-state index in [4.69, 9.17) is 5.11 Å². The van der Waals surface area contributed by atoms with Crippen molar-refractivity contribution in [2.45, 2.75) is 32.6 Å². The van der Waals surface area contributed by atoms with Gasteiger partial charge in [-0.3, -0.25) is 9.59 Å². The average molecular weight is 228 g/mol. The third-order valence-electron chi connectivity index (χ3n) is 2.90. The molecule has 1 aliphatic heterocycles. The van der Waals surface area contributed by atoms with Crippen LogP contribution < -0.4 is 10.6 Å². The van der Waals surface area contributed by atoms with Gasteiger partial charge in [-0.2, -0.15) is 0 Å². The van der Waals surface area contributed by atoms with Gasteiger partial charge in [-0.15, -0.1) is 0 Å². The summed E-state index contributed by atoms with van der Waals surface area (Å²) in [6.07, 6.45) is 2.82. The van der Waals surface area contributed by atoms with Crippen molar-refractivity contribution in [1.82, 2.24) is 10.6 Å². The largest absolute Gasteiger partial charge is 0.396 e. The van der Waals surface area contributed by atoms with Crippen molar-refractivity contribution in [3.63, 3.8) is 0 Å². The van der Waals surface area contributed by atoms with Crippen LogP contribution in [-0.4, -0.2) is 36.6 Å². The monoisotopic (exact) mass is 228 g/mol. The predicted molar refractivity (Wildman–Crippen MR) is 59.7 cm³/mol. The van der Waals surface area contributed by atoms with E-state index in [1.54, 1.807) is 6.92 Å². The Morgan fingerprint density at radius 2 is 2.25 bits per heavy atom. The summed E-state index contributed by atoms with van der Waals surface area (Å²) in [6.45, 7) is 3.04. The SMILES string of the molecule is CC1(C(=O)NCCCCCO)CNC(=O)C1. The maximum atomic E-state index is 11.8. The third kappa shape index (κ3) is 3.48. The molecule has 0 aromatic carbocycles. The number of rotatable bonds is 6. The Kier molecular flexibility index (Phi) is 4.73. The second kappa shape index (κ2) is 5.84. The summed E-state index contributed by atoms with van der Waals surface area (Å²) in [6, 6.07) is 0. The number of carbonyl (C=O) groups excluding carboxylic acids is 2. The van der Waals surface area contributed by atoms with Gasteiger partial charge in [0.25, 0.3) is 0 Å². The van der Waals surface area contributed by atoms with Crippen molar-refractivity contribution < 1.29 is 14.7 Å². The molecule has 1 unspecified atom stereocenters. The van der Waals surface area contributed by atoms with E-state index < -0.39 is 5.41 Å². The highest BCUT2D eigenvalue weighted by Gasteiger charge is 2.40. The van der Waals surface area contributed by atoms with Gasteiger partial charge in [-0.1, -0.05) is 0 Å². The molecule has 0 bridgehead atoms. The van der Waals surface area contributed by atoms with Crippen LogP contribution in [0.25, 0.3) is 0 Å². The molecule has 5 nitrogen and oxygen atoms in total. The van der Waals surface area contributed by atoms with Gasteiger partial charge in [0, 0.05) is 26.1 Å². The Balaban J connectivity index is 2.22. The van der Waals surface area contributed by atoms with Crippen molar-refractivity contribution >= 4 is 11.8 Å². The minimum atomic E-state index is -0.589. The minimum absolute atomic E-state index is 0.0575. The van der Waals surface area contributed by atoms with Crippen LogP contribution in [0.4, 0.5) is 0 Å². The van der Waals surface area contributed by atoms with Gasteiger partial charge in [0.05, 0.1) is 5.41 Å². The zero-order chi connectivity index (χ0) is 12.0. The highest BCUT2D eigenvalue weighted by Crippen LogP contribution is 2.25. The average Bonchev–Trinajstić information content (AvgIpc) is 2.59. The van der Waals surface area contributed by atoms with E-state index in [1.807, 2.05) is 0 Å². The summed E-state index contributed by atoms with van der Waals surface area (Å²) in [5.74, 6) is -0.118. The van der Waals surface area contributed by atoms with Crippen LogP contribution in [0.1, 0.15) is 32.6 Å². The number of hydrogen-bond donors (Lipinski definition) is 3. The lowest BCUT2D eigenvalue weighted by Gasteiger charge is -2.20. The fraction of sp³-hybridized carbons (Fsp3) is 0.818. The molecular weight excluding hydrogens is 208 g/mol. The molecule has 2 amide bonds. The van der Waals surface area contributed by atoms with E-state index in [0.29, 0.717) is 13.1 Å². The fourth-order valence-corrected chi connectivity index (χ4v) is 1.76. The zero-order valence-electron chi connectivity index (χ0n) is 9.71. The number of aliphatic hydroxyl groups excluding tert-OH is 1. The molecule has 3 N–H and O–H groups in total. The maximum absolute atomic E-state index is 11.8. The Morgan fingerprint density at radius 3 is 2.81 bits per heavy atom. The first-order valence-corrected chi connectivity index (χ1v) is 5.74. The molecule has 0 spiro atoms. The van der Waals surface area contributed by atoms with Crippen LogP contribution in [0.15, 0.2) is 0 Å². The molecule has 0 aromatic heterocycles. The van der Waals surface area contributed by atoms with Crippen LogP contribution in [0.3, 0.4) is 0 Å². The van der Waals surface area contributed by atoms with E-state index in [0.717, 1.165) is 19.3 Å². The zero-order valence-corrected chi connectivity index (χ0v) is 9.71. The van der Waals surface area contributed by atoms with Gasteiger partial charge >= 0.3 is 0 Å². The molecule has 0 saturated carbocycles. The van der Waals surface area contributed by atoms with Gasteiger partial charge in [0.2, 0.25) is 11.8 Å². The van der Waals surface area contributed by atoms with E-state index in [1.165, 1.54) is 0 Å². The van der Waals surface area contributed by atoms with Crippen LogP contribution in [0.5, 0.6) is 0 Å². The van der Waals surface area contributed by atoms with E-state index >= 15 is 0 Å². The van der Waals surface area contributed by atoms with Gasteiger partial charge in [0.15, 0.2) is 0 Å². The molecule has 0 aromatic rings. The van der Waals surface area contributed by atoms with Crippen LogP contribution in [0.2, 0.25) is 0 Å². The number of unbranched alkanes of at least 4 members (excludes halogenated alkanes) is 2. The first-order valence-electron chi connectivity index (χ1n) is 5.74. The summed E-state index contributed by atoms with van der Waals surface area (Å²) in [5.41, 5.74) is -0.589. The van der Waals surface area contributed by atoms with Crippen LogP contribution in [0, 0.1) is 5.41 Å². The standard InChI is InChI=1S/C11H20N2O3/c1-11(7-9(15)13-8-11)10(16)12-5-3-2-4-6-14/h14H,2-8H2,1H3,(H,12,16)(H,13,15). The number of amides is 2. The number of hydrogen-bond acceptors (Lipinski definition) is 3. The first-order chi connectivity index (χ1) is 7.58. The molecule has 1 fully saturated rings. The van der Waals surface area contributed by atoms with E-state index in [9.17, 15) is 9.59 Å². The Bertz CT molecular complexity index is 268. The van der Waals surface area contributed by atoms with Crippen LogP contribution in [-0.2, 0) is 9.59 Å². The maximum Gasteiger partial charge on any atom is 0.228 e. The summed E-state index contributed by atoms with van der Waals surface area (Å²) < 4.78 is 0. The molecule has 16 heavy (non-hydrogen) atoms. The van der Waals surface area contributed by atoms with Crippen molar-refractivity contribution in [2.24, 2.45) is 5.41 Å². The molecule has 1 heterocycles. The van der Waals surface area contributed by atoms with E-state index in [2.05, 4.69) is 10.6 Å². The molecule has 0 radical (unpaired) electrons. The smallest absolute Gasteiger partial charge is 0.228 e. The van der Waals surface area contributed by atoms with E-state index in [-0.39, 0.29) is 24.8 Å². The fourth-order valence-electron chi connectivity index (χ4n) is 1.76. The van der Waals surface area contributed by atoms with Crippen LogP contribution >= 0.6 is 0 Å². The van der Waals surface area contributed by atoms with Crippen molar-refractivity contribution in [3.8, 4) is 0 Å². The van der Waals surface area contributed by atoms with Crippen molar-refractivity contribution in [3.05, 3.63) is 0 Å². The lowest BCUT2D eigenvalue weighted by molar-refractivity contribution is -0.131. The molecule has 1 rings (SSSR count). The van der Waals surface area contributed by atoms with Gasteiger partial charge < -0.3 is 15.7 Å². The summed E-state index contributed by atoms with van der Waals surface area (Å²) in [4.78, 5) is 22.9. The first kappa shape index (κ1) is 13.0. The third-order valence-corrected chi connectivity index (χ3v) is 2.90. The van der Waals surface area contributed by atoms with Crippen molar-refractivity contribution in [1.29, 1.82) is 0 Å². The molecule has 1 atom stereocenters. The summed E-state index contributed by atoms with van der Waals surface area (Å²) >= 11 is 0.